The molecule has 1 aromatic heterocycles. The van der Waals surface area contributed by atoms with E-state index in [1.807, 2.05) is 18.3 Å². The zero-order valence-electron chi connectivity index (χ0n) is 14.3. The van der Waals surface area contributed by atoms with E-state index < -0.39 is 0 Å². The van der Waals surface area contributed by atoms with Crippen LogP contribution in [0.4, 0.5) is 0 Å². The van der Waals surface area contributed by atoms with Crippen molar-refractivity contribution >= 4 is 29.9 Å². The first-order valence-corrected chi connectivity index (χ1v) is 8.33. The molecule has 0 atom stereocenters. The highest BCUT2D eigenvalue weighted by Crippen LogP contribution is 2.22. The van der Waals surface area contributed by atoms with Crippen LogP contribution in [-0.4, -0.2) is 29.6 Å². The van der Waals surface area contributed by atoms with E-state index in [4.69, 9.17) is 4.74 Å². The summed E-state index contributed by atoms with van der Waals surface area (Å²) in [5.41, 5.74) is 1.08. The van der Waals surface area contributed by atoms with Gasteiger partial charge in [0, 0.05) is 24.8 Å². The zero-order chi connectivity index (χ0) is 15.8. The molecule has 0 saturated heterocycles. The van der Waals surface area contributed by atoms with Crippen molar-refractivity contribution in [3.63, 3.8) is 0 Å². The van der Waals surface area contributed by atoms with Crippen molar-refractivity contribution in [1.82, 2.24) is 15.6 Å². The molecule has 1 aliphatic rings. The molecule has 1 aromatic rings. The third-order valence-electron chi connectivity index (χ3n) is 3.58. The molecule has 0 amide bonds. The van der Waals surface area contributed by atoms with E-state index >= 15 is 0 Å². The molecule has 2 N–H and O–H groups in total. The van der Waals surface area contributed by atoms with Crippen molar-refractivity contribution in [1.29, 1.82) is 0 Å². The van der Waals surface area contributed by atoms with Crippen molar-refractivity contribution in [3.8, 4) is 5.88 Å². The molecule has 0 spiro atoms. The second-order valence-electron chi connectivity index (χ2n) is 6.02. The van der Waals surface area contributed by atoms with Gasteiger partial charge in [-0.15, -0.1) is 24.0 Å². The monoisotopic (exact) mass is 432 g/mol. The lowest BCUT2D eigenvalue weighted by Crippen LogP contribution is -2.40. The van der Waals surface area contributed by atoms with Gasteiger partial charge in [0.1, 0.15) is 6.10 Å². The summed E-state index contributed by atoms with van der Waals surface area (Å²) in [6.45, 7) is 7.73. The van der Waals surface area contributed by atoms with Crippen LogP contribution in [0.1, 0.15) is 52.0 Å². The molecule has 0 bridgehead atoms. The Morgan fingerprint density at radius 3 is 2.65 bits per heavy atom. The minimum atomic E-state index is 0. The molecular formula is C17H29IN4O. The highest BCUT2D eigenvalue weighted by molar-refractivity contribution is 14.0. The Balaban J connectivity index is 0.00000264. The van der Waals surface area contributed by atoms with Gasteiger partial charge in [-0.1, -0.05) is 6.07 Å². The molecule has 0 unspecified atom stereocenters. The van der Waals surface area contributed by atoms with Gasteiger partial charge in [0.05, 0.1) is 6.54 Å². The third kappa shape index (κ3) is 7.37. The molecule has 1 aliphatic carbocycles. The van der Waals surface area contributed by atoms with E-state index in [0.29, 0.717) is 18.7 Å². The first kappa shape index (κ1) is 20.0. The Morgan fingerprint density at radius 2 is 2.09 bits per heavy atom. The maximum Gasteiger partial charge on any atom is 0.213 e. The number of rotatable bonds is 6. The molecular weight excluding hydrogens is 403 g/mol. The molecule has 0 radical (unpaired) electrons. The Labute approximate surface area is 156 Å². The summed E-state index contributed by atoms with van der Waals surface area (Å²) in [5, 5.41) is 6.54. The number of aromatic nitrogens is 1. The number of pyridine rings is 1. The number of hydrogen-bond donors (Lipinski definition) is 2. The summed E-state index contributed by atoms with van der Waals surface area (Å²) < 4.78 is 5.88. The van der Waals surface area contributed by atoms with Gasteiger partial charge in [-0.2, -0.15) is 0 Å². The Bertz CT molecular complexity index is 470. The summed E-state index contributed by atoms with van der Waals surface area (Å²) in [4.78, 5) is 8.97. The Morgan fingerprint density at radius 1 is 1.35 bits per heavy atom. The van der Waals surface area contributed by atoms with E-state index in [1.165, 1.54) is 12.8 Å². The molecule has 0 aromatic carbocycles. The second kappa shape index (κ2) is 10.7. The number of ether oxygens (including phenoxy) is 1. The van der Waals surface area contributed by atoms with Crippen molar-refractivity contribution in [2.45, 2.75) is 65.1 Å². The van der Waals surface area contributed by atoms with Gasteiger partial charge in [0.15, 0.2) is 5.96 Å². The molecule has 2 rings (SSSR count). The predicted molar refractivity (Wildman–Crippen MR) is 106 cm³/mol. The van der Waals surface area contributed by atoms with Crippen molar-refractivity contribution < 1.29 is 4.74 Å². The summed E-state index contributed by atoms with van der Waals surface area (Å²) >= 11 is 0. The van der Waals surface area contributed by atoms with Gasteiger partial charge >= 0.3 is 0 Å². The minimum absolute atomic E-state index is 0. The summed E-state index contributed by atoms with van der Waals surface area (Å²) in [5.74, 6) is 1.57. The zero-order valence-corrected chi connectivity index (χ0v) is 16.7. The van der Waals surface area contributed by atoms with Crippen LogP contribution in [0.15, 0.2) is 23.3 Å². The van der Waals surface area contributed by atoms with E-state index in [2.05, 4.69) is 41.4 Å². The van der Waals surface area contributed by atoms with Crippen LogP contribution in [0.2, 0.25) is 0 Å². The Kier molecular flexibility index (Phi) is 9.28. The first-order valence-electron chi connectivity index (χ1n) is 8.33. The van der Waals surface area contributed by atoms with Crippen molar-refractivity contribution in [2.24, 2.45) is 4.99 Å². The van der Waals surface area contributed by atoms with Gasteiger partial charge in [-0.3, -0.25) is 0 Å². The minimum Gasteiger partial charge on any atom is -0.474 e. The quantitative estimate of drug-likeness (QED) is 0.411. The van der Waals surface area contributed by atoms with E-state index in [1.54, 1.807) is 0 Å². The molecule has 5 nitrogen and oxygen atoms in total. The maximum atomic E-state index is 5.88. The fourth-order valence-corrected chi connectivity index (χ4v) is 2.51. The number of nitrogens with one attached hydrogen (secondary N) is 2. The van der Waals surface area contributed by atoms with Crippen molar-refractivity contribution in [2.75, 3.05) is 6.54 Å². The van der Waals surface area contributed by atoms with Crippen LogP contribution in [0.3, 0.4) is 0 Å². The van der Waals surface area contributed by atoms with Gasteiger partial charge in [-0.05, 0) is 52.0 Å². The van der Waals surface area contributed by atoms with Crippen LogP contribution in [0.25, 0.3) is 0 Å². The first-order chi connectivity index (χ1) is 10.7. The van der Waals surface area contributed by atoms with Gasteiger partial charge < -0.3 is 15.4 Å². The fraction of sp³-hybridized carbons (Fsp3) is 0.647. The SMILES string of the molecule is CCNC(=NCc1ccc(OC2CCCC2)nc1)NC(C)C.I. The largest absolute Gasteiger partial charge is 0.474 e. The average Bonchev–Trinajstić information content (AvgIpc) is 2.99. The maximum absolute atomic E-state index is 5.88. The molecule has 0 aliphatic heterocycles. The predicted octanol–water partition coefficient (Wildman–Crippen LogP) is 3.48. The average molecular weight is 432 g/mol. The smallest absolute Gasteiger partial charge is 0.213 e. The van der Waals surface area contributed by atoms with Crippen molar-refractivity contribution in [3.05, 3.63) is 23.9 Å². The number of aliphatic imine (C=N–C) groups is 1. The standard InChI is InChI=1S/C17H28N4O.HI/c1-4-18-17(21-13(2)3)20-12-14-9-10-16(19-11-14)22-15-7-5-6-8-15;/h9-11,13,15H,4-8,12H2,1-3H3,(H2,18,20,21);1H. The van der Waals surface area contributed by atoms with Gasteiger partial charge in [0.2, 0.25) is 5.88 Å². The summed E-state index contributed by atoms with van der Waals surface area (Å²) in [6, 6.07) is 4.35. The lowest BCUT2D eigenvalue weighted by Gasteiger charge is -2.14. The molecule has 23 heavy (non-hydrogen) atoms. The van der Waals surface area contributed by atoms with E-state index in [9.17, 15) is 0 Å². The van der Waals surface area contributed by atoms with Crippen LogP contribution in [0.5, 0.6) is 5.88 Å². The van der Waals surface area contributed by atoms with Crippen LogP contribution in [0, 0.1) is 0 Å². The second-order valence-corrected chi connectivity index (χ2v) is 6.02. The van der Waals surface area contributed by atoms with E-state index in [-0.39, 0.29) is 24.0 Å². The fourth-order valence-electron chi connectivity index (χ4n) is 2.51. The molecule has 1 fully saturated rings. The normalized spacial score (nSPS) is 15.4. The number of nitrogens with zero attached hydrogens (tertiary/aromatic N) is 2. The lowest BCUT2D eigenvalue weighted by molar-refractivity contribution is 0.201. The molecule has 130 valence electrons. The molecule has 6 heteroatoms. The highest BCUT2D eigenvalue weighted by atomic mass is 127. The number of hydrogen-bond acceptors (Lipinski definition) is 3. The molecule has 1 saturated carbocycles. The van der Waals surface area contributed by atoms with Gasteiger partial charge in [-0.25, -0.2) is 9.98 Å². The molecule has 1 heterocycles. The highest BCUT2D eigenvalue weighted by Gasteiger charge is 2.16. The van der Waals surface area contributed by atoms with Gasteiger partial charge in [0.25, 0.3) is 0 Å². The van der Waals surface area contributed by atoms with E-state index in [0.717, 1.165) is 36.8 Å². The Hall–Kier alpha value is -1.05. The summed E-state index contributed by atoms with van der Waals surface area (Å²) in [7, 11) is 0. The van der Waals surface area contributed by atoms with Crippen LogP contribution >= 0.6 is 24.0 Å². The lowest BCUT2D eigenvalue weighted by atomic mass is 10.3. The summed E-state index contributed by atoms with van der Waals surface area (Å²) in [6.07, 6.45) is 7.06. The number of guanidine groups is 1. The van der Waals surface area contributed by atoms with Crippen LogP contribution in [-0.2, 0) is 6.54 Å². The topological polar surface area (TPSA) is 58.5 Å². The third-order valence-corrected chi connectivity index (χ3v) is 3.58. The number of halogens is 1. The van der Waals surface area contributed by atoms with Crippen LogP contribution < -0.4 is 15.4 Å².